The molecule has 1 unspecified atom stereocenters. The first kappa shape index (κ1) is 18.9. The fourth-order valence-electron chi connectivity index (χ4n) is 2.60. The molecule has 2 N–H and O–H groups in total. The van der Waals surface area contributed by atoms with E-state index in [1.165, 1.54) is 11.0 Å². The number of aliphatic carboxylic acids is 1. The normalized spacial score (nSPS) is 17.6. The van der Waals surface area contributed by atoms with Gasteiger partial charge in [0.15, 0.2) is 0 Å². The molecule has 0 saturated carbocycles. The fourth-order valence-corrected chi connectivity index (χ4v) is 3.84. The van der Waals surface area contributed by atoms with Gasteiger partial charge >= 0.3 is 5.97 Å². The quantitative estimate of drug-likeness (QED) is 0.740. The van der Waals surface area contributed by atoms with Gasteiger partial charge in [-0.05, 0) is 25.5 Å². The van der Waals surface area contributed by atoms with E-state index in [0.717, 1.165) is 0 Å². The number of nitrogens with one attached hydrogen (secondary N) is 1. The van der Waals surface area contributed by atoms with Crippen molar-refractivity contribution in [3.63, 3.8) is 0 Å². The van der Waals surface area contributed by atoms with Crippen LogP contribution in [0.15, 0.2) is 34.2 Å². The standard InChI is InChI=1S/C16H21N3O5S/c1-3-8-19(10-15(21)22)14(20)9-11(2)17-16-12-6-4-5-7-13(12)25(23,24)18-16/h4-7,11H,3,8-10H2,1-2H3,(H,17,18)(H,21,22). The summed E-state index contributed by atoms with van der Waals surface area (Å²) in [5.74, 6) is -1.19. The molecule has 0 bridgehead atoms. The number of carbonyl (C=O) groups excluding carboxylic acids is 1. The van der Waals surface area contributed by atoms with E-state index in [0.29, 0.717) is 18.5 Å². The average Bonchev–Trinajstić information content (AvgIpc) is 2.77. The van der Waals surface area contributed by atoms with Crippen LogP contribution in [0.5, 0.6) is 0 Å². The lowest BCUT2D eigenvalue weighted by molar-refractivity contribution is -0.144. The van der Waals surface area contributed by atoms with Gasteiger partial charge in [0.2, 0.25) is 5.91 Å². The Morgan fingerprint density at radius 2 is 2.00 bits per heavy atom. The molecule has 136 valence electrons. The van der Waals surface area contributed by atoms with Crippen LogP contribution in [0.4, 0.5) is 0 Å². The molecule has 1 atom stereocenters. The van der Waals surface area contributed by atoms with Gasteiger partial charge in [0.1, 0.15) is 12.4 Å². The van der Waals surface area contributed by atoms with Crippen molar-refractivity contribution < 1.29 is 23.1 Å². The van der Waals surface area contributed by atoms with Crippen LogP contribution >= 0.6 is 0 Å². The molecule has 25 heavy (non-hydrogen) atoms. The van der Waals surface area contributed by atoms with E-state index in [-0.39, 0.29) is 29.6 Å². The second-order valence-corrected chi connectivity index (χ2v) is 7.49. The highest BCUT2D eigenvalue weighted by Gasteiger charge is 2.30. The summed E-state index contributed by atoms with van der Waals surface area (Å²) < 4.78 is 26.5. The molecular formula is C16H21N3O5S. The largest absolute Gasteiger partial charge is 0.480 e. The number of fused-ring (bicyclic) bond motifs is 1. The number of sulfonamides is 1. The third kappa shape index (κ3) is 4.56. The summed E-state index contributed by atoms with van der Waals surface area (Å²) in [4.78, 5) is 28.9. The van der Waals surface area contributed by atoms with Crippen LogP contribution in [0.25, 0.3) is 0 Å². The Kier molecular flexibility index (Phi) is 5.78. The minimum Gasteiger partial charge on any atom is -0.480 e. The van der Waals surface area contributed by atoms with Crippen molar-refractivity contribution in [2.24, 2.45) is 4.99 Å². The number of amides is 1. The molecule has 0 saturated heterocycles. The number of hydrogen-bond donors (Lipinski definition) is 2. The van der Waals surface area contributed by atoms with Gasteiger partial charge in [-0.15, -0.1) is 0 Å². The molecule has 1 aromatic carbocycles. The van der Waals surface area contributed by atoms with E-state index in [2.05, 4.69) is 9.71 Å². The Balaban J connectivity index is 2.14. The van der Waals surface area contributed by atoms with Gasteiger partial charge in [-0.2, -0.15) is 0 Å². The van der Waals surface area contributed by atoms with Gasteiger partial charge in [0, 0.05) is 18.5 Å². The second-order valence-electron chi connectivity index (χ2n) is 5.84. The molecule has 8 nitrogen and oxygen atoms in total. The molecule has 0 spiro atoms. The van der Waals surface area contributed by atoms with Crippen LogP contribution in [0.3, 0.4) is 0 Å². The van der Waals surface area contributed by atoms with Crippen molar-refractivity contribution in [3.8, 4) is 0 Å². The zero-order chi connectivity index (χ0) is 18.6. The number of nitrogens with zero attached hydrogens (tertiary/aromatic N) is 2. The molecule has 9 heteroatoms. The molecule has 1 aliphatic heterocycles. The maximum atomic E-state index is 12.3. The lowest BCUT2D eigenvalue weighted by atomic mass is 10.2. The zero-order valence-electron chi connectivity index (χ0n) is 14.1. The number of benzene rings is 1. The van der Waals surface area contributed by atoms with E-state index in [1.54, 1.807) is 25.1 Å². The van der Waals surface area contributed by atoms with E-state index >= 15 is 0 Å². The molecule has 1 heterocycles. The van der Waals surface area contributed by atoms with Crippen LogP contribution in [-0.2, 0) is 19.6 Å². The number of carboxylic acids is 1. The average molecular weight is 367 g/mol. The Labute approximate surface area is 146 Å². The fraction of sp³-hybridized carbons (Fsp3) is 0.438. The van der Waals surface area contributed by atoms with E-state index < -0.39 is 22.0 Å². The smallest absolute Gasteiger partial charge is 0.323 e. The molecule has 0 radical (unpaired) electrons. The van der Waals surface area contributed by atoms with Crippen LogP contribution in [-0.4, -0.2) is 55.3 Å². The predicted octanol–water partition coefficient (Wildman–Crippen LogP) is 0.827. The number of amidine groups is 1. The lowest BCUT2D eigenvalue weighted by Gasteiger charge is -2.21. The Bertz CT molecular complexity index is 804. The lowest BCUT2D eigenvalue weighted by Crippen LogP contribution is -2.37. The summed E-state index contributed by atoms with van der Waals surface area (Å²) in [6.07, 6.45) is 0.649. The molecule has 0 aromatic heterocycles. The number of aliphatic imine (C=N–C) groups is 1. The maximum Gasteiger partial charge on any atom is 0.323 e. The molecule has 1 amide bonds. The highest BCUT2D eigenvalue weighted by molar-refractivity contribution is 7.90. The molecule has 1 aliphatic rings. The molecule has 0 fully saturated rings. The zero-order valence-corrected chi connectivity index (χ0v) is 14.9. The third-order valence-corrected chi connectivity index (χ3v) is 5.05. The Morgan fingerprint density at radius 1 is 1.32 bits per heavy atom. The van der Waals surface area contributed by atoms with Crippen molar-refractivity contribution >= 4 is 27.7 Å². The highest BCUT2D eigenvalue weighted by atomic mass is 32.2. The Morgan fingerprint density at radius 3 is 2.64 bits per heavy atom. The summed E-state index contributed by atoms with van der Waals surface area (Å²) >= 11 is 0. The summed E-state index contributed by atoms with van der Waals surface area (Å²) in [6, 6.07) is 5.98. The van der Waals surface area contributed by atoms with Crippen LogP contribution in [0.2, 0.25) is 0 Å². The predicted molar refractivity (Wildman–Crippen MR) is 91.9 cm³/mol. The number of carbonyl (C=O) groups is 2. The number of rotatable bonds is 7. The first-order valence-electron chi connectivity index (χ1n) is 7.94. The number of hydrogen-bond acceptors (Lipinski definition) is 5. The van der Waals surface area contributed by atoms with Crippen molar-refractivity contribution in [3.05, 3.63) is 29.8 Å². The topological polar surface area (TPSA) is 116 Å². The van der Waals surface area contributed by atoms with Crippen molar-refractivity contribution in [2.45, 2.75) is 37.6 Å². The molecule has 0 aliphatic carbocycles. The van der Waals surface area contributed by atoms with Gasteiger partial charge in [0.05, 0.1) is 10.9 Å². The first-order valence-corrected chi connectivity index (χ1v) is 9.42. The van der Waals surface area contributed by atoms with Crippen LogP contribution < -0.4 is 4.72 Å². The summed E-state index contributed by atoms with van der Waals surface area (Å²) in [5.41, 5.74) is 0.470. The van der Waals surface area contributed by atoms with Crippen LogP contribution in [0, 0.1) is 0 Å². The maximum absolute atomic E-state index is 12.3. The molecule has 1 aromatic rings. The SMILES string of the molecule is CCCN(CC(=O)O)C(=O)CC(C)N=C1NS(=O)(=O)c2ccccc21. The number of carboxylic acid groups (broad SMARTS) is 1. The van der Waals surface area contributed by atoms with Crippen molar-refractivity contribution in [1.29, 1.82) is 0 Å². The van der Waals surface area contributed by atoms with Gasteiger partial charge in [-0.3, -0.25) is 19.3 Å². The summed E-state index contributed by atoms with van der Waals surface area (Å²) in [7, 11) is -3.62. The van der Waals surface area contributed by atoms with Crippen molar-refractivity contribution in [1.82, 2.24) is 9.62 Å². The minimum absolute atomic E-state index is 0.000669. The van der Waals surface area contributed by atoms with E-state index in [9.17, 15) is 18.0 Å². The summed E-state index contributed by atoms with van der Waals surface area (Å²) in [5, 5.41) is 8.89. The third-order valence-electron chi connectivity index (χ3n) is 3.65. The summed E-state index contributed by atoms with van der Waals surface area (Å²) in [6.45, 7) is 3.54. The van der Waals surface area contributed by atoms with Gasteiger partial charge < -0.3 is 10.0 Å². The Hall–Kier alpha value is -2.42. The van der Waals surface area contributed by atoms with Gasteiger partial charge in [0.25, 0.3) is 10.0 Å². The molecular weight excluding hydrogens is 346 g/mol. The van der Waals surface area contributed by atoms with Gasteiger partial charge in [-0.1, -0.05) is 19.1 Å². The van der Waals surface area contributed by atoms with Crippen LogP contribution in [0.1, 0.15) is 32.3 Å². The van der Waals surface area contributed by atoms with E-state index in [1.807, 2.05) is 6.92 Å². The van der Waals surface area contributed by atoms with Gasteiger partial charge in [-0.25, -0.2) is 8.42 Å². The first-order chi connectivity index (χ1) is 11.7. The second kappa shape index (κ2) is 7.64. The van der Waals surface area contributed by atoms with Crippen molar-refractivity contribution in [2.75, 3.05) is 13.1 Å². The molecule has 2 rings (SSSR count). The monoisotopic (exact) mass is 367 g/mol. The van der Waals surface area contributed by atoms with E-state index in [4.69, 9.17) is 5.11 Å². The minimum atomic E-state index is -3.62. The highest BCUT2D eigenvalue weighted by Crippen LogP contribution is 2.22.